The Bertz CT molecular complexity index is 1090. The van der Waals surface area contributed by atoms with Crippen LogP contribution >= 0.6 is 23.2 Å². The van der Waals surface area contributed by atoms with Crippen molar-refractivity contribution in [2.75, 3.05) is 0 Å². The minimum absolute atomic E-state index is 0.0768. The van der Waals surface area contributed by atoms with Crippen LogP contribution < -0.4 is 0 Å². The molecule has 1 atom stereocenters. The summed E-state index contributed by atoms with van der Waals surface area (Å²) in [6.45, 7) is 1.67. The molecule has 0 amide bonds. The SMILES string of the molecule is CC(OC(=O)c1cnnn1-c1c(Cl)cccc1Cl)c1nc2ccccc2o1. The summed E-state index contributed by atoms with van der Waals surface area (Å²) in [5, 5.41) is 8.33. The Hall–Kier alpha value is -2.90. The van der Waals surface area contributed by atoms with Crippen LogP contribution in [-0.2, 0) is 4.74 Å². The van der Waals surface area contributed by atoms with Gasteiger partial charge in [-0.25, -0.2) is 14.5 Å². The van der Waals surface area contributed by atoms with Crippen LogP contribution in [0.2, 0.25) is 10.0 Å². The standard InChI is InChI=1S/C18H12Cl2N4O3/c1-10(17-22-13-7-2-3-8-15(13)27-17)26-18(25)14-9-21-23-24(14)16-11(19)5-4-6-12(16)20/h2-10H,1H3. The van der Waals surface area contributed by atoms with Gasteiger partial charge in [-0.2, -0.15) is 0 Å². The minimum Gasteiger partial charge on any atom is -0.448 e. The van der Waals surface area contributed by atoms with Crippen LogP contribution in [0, 0.1) is 0 Å². The van der Waals surface area contributed by atoms with Gasteiger partial charge < -0.3 is 9.15 Å². The highest BCUT2D eigenvalue weighted by atomic mass is 35.5. The number of para-hydroxylation sites is 3. The first-order valence-corrected chi connectivity index (χ1v) is 8.71. The van der Waals surface area contributed by atoms with Crippen LogP contribution in [0.25, 0.3) is 16.8 Å². The van der Waals surface area contributed by atoms with Gasteiger partial charge in [0, 0.05) is 0 Å². The van der Waals surface area contributed by atoms with Gasteiger partial charge in [0.15, 0.2) is 17.4 Å². The summed E-state index contributed by atoms with van der Waals surface area (Å²) in [6, 6.07) is 12.3. The van der Waals surface area contributed by atoms with Gasteiger partial charge in [0.2, 0.25) is 5.89 Å². The molecule has 4 aromatic rings. The van der Waals surface area contributed by atoms with Crippen molar-refractivity contribution in [2.45, 2.75) is 13.0 Å². The fraction of sp³-hybridized carbons (Fsp3) is 0.111. The zero-order valence-corrected chi connectivity index (χ0v) is 15.5. The monoisotopic (exact) mass is 402 g/mol. The van der Waals surface area contributed by atoms with Crippen molar-refractivity contribution in [1.82, 2.24) is 20.0 Å². The number of rotatable bonds is 4. The molecule has 0 N–H and O–H groups in total. The van der Waals surface area contributed by atoms with Gasteiger partial charge in [0.1, 0.15) is 11.2 Å². The second kappa shape index (κ2) is 7.02. The number of benzene rings is 2. The lowest BCUT2D eigenvalue weighted by Gasteiger charge is -2.12. The van der Waals surface area contributed by atoms with Crippen LogP contribution in [-0.4, -0.2) is 25.9 Å². The highest BCUT2D eigenvalue weighted by Crippen LogP contribution is 2.29. The average Bonchev–Trinajstić information content (AvgIpc) is 3.28. The summed E-state index contributed by atoms with van der Waals surface area (Å²) in [5.74, 6) is -0.370. The van der Waals surface area contributed by atoms with Gasteiger partial charge in [0.25, 0.3) is 0 Å². The maximum atomic E-state index is 12.6. The van der Waals surface area contributed by atoms with Crippen molar-refractivity contribution in [3.63, 3.8) is 0 Å². The number of oxazole rings is 1. The fourth-order valence-electron chi connectivity index (χ4n) is 2.57. The van der Waals surface area contributed by atoms with Crippen LogP contribution in [0.1, 0.15) is 29.4 Å². The molecular weight excluding hydrogens is 391 g/mol. The van der Waals surface area contributed by atoms with Crippen molar-refractivity contribution >= 4 is 40.3 Å². The highest BCUT2D eigenvalue weighted by Gasteiger charge is 2.24. The molecule has 2 aromatic carbocycles. The summed E-state index contributed by atoms with van der Waals surface area (Å²) in [5.41, 5.74) is 1.72. The maximum absolute atomic E-state index is 12.6. The van der Waals surface area contributed by atoms with Gasteiger partial charge in [-0.1, -0.05) is 46.6 Å². The lowest BCUT2D eigenvalue weighted by molar-refractivity contribution is 0.0272. The van der Waals surface area contributed by atoms with E-state index < -0.39 is 12.1 Å². The van der Waals surface area contributed by atoms with Crippen LogP contribution in [0.4, 0.5) is 0 Å². The molecule has 0 saturated heterocycles. The van der Waals surface area contributed by atoms with Gasteiger partial charge in [0.05, 0.1) is 16.2 Å². The van der Waals surface area contributed by atoms with E-state index in [9.17, 15) is 4.79 Å². The predicted molar refractivity (Wildman–Crippen MR) is 99.2 cm³/mol. The molecule has 0 spiro atoms. The Morgan fingerprint density at radius 1 is 1.15 bits per heavy atom. The molecule has 0 aliphatic heterocycles. The lowest BCUT2D eigenvalue weighted by atomic mass is 10.3. The first-order valence-electron chi connectivity index (χ1n) is 7.96. The summed E-state index contributed by atoms with van der Waals surface area (Å²) in [7, 11) is 0. The molecule has 2 heterocycles. The number of carbonyl (C=O) groups is 1. The molecule has 27 heavy (non-hydrogen) atoms. The van der Waals surface area contributed by atoms with Gasteiger partial charge in [-0.15, -0.1) is 5.10 Å². The van der Waals surface area contributed by atoms with Crippen LogP contribution in [0.15, 0.2) is 53.1 Å². The second-order valence-corrected chi connectivity index (χ2v) is 6.48. The molecule has 0 radical (unpaired) electrons. The van der Waals surface area contributed by atoms with E-state index in [0.29, 0.717) is 32.7 Å². The van der Waals surface area contributed by atoms with E-state index in [1.165, 1.54) is 10.9 Å². The molecule has 0 aliphatic rings. The van der Waals surface area contributed by atoms with Gasteiger partial charge in [-0.3, -0.25) is 0 Å². The molecule has 0 fully saturated rings. The van der Waals surface area contributed by atoms with Crippen LogP contribution in [0.3, 0.4) is 0 Å². The average molecular weight is 403 g/mol. The van der Waals surface area contributed by atoms with Gasteiger partial charge in [-0.05, 0) is 31.2 Å². The van der Waals surface area contributed by atoms with E-state index in [-0.39, 0.29) is 5.69 Å². The first-order chi connectivity index (χ1) is 13.0. The maximum Gasteiger partial charge on any atom is 0.359 e. The predicted octanol–water partition coefficient (Wildman–Crippen LogP) is 4.63. The first kappa shape index (κ1) is 17.5. The number of hydrogen-bond acceptors (Lipinski definition) is 6. The molecule has 4 rings (SSSR count). The largest absolute Gasteiger partial charge is 0.448 e. The Morgan fingerprint density at radius 2 is 1.89 bits per heavy atom. The van der Waals surface area contributed by atoms with Crippen molar-refractivity contribution in [3.05, 3.63) is 70.3 Å². The highest BCUT2D eigenvalue weighted by molar-refractivity contribution is 6.37. The third-order valence-corrected chi connectivity index (χ3v) is 4.46. The van der Waals surface area contributed by atoms with Gasteiger partial charge >= 0.3 is 5.97 Å². The molecule has 0 saturated carbocycles. The number of ether oxygens (including phenoxy) is 1. The van der Waals surface area contributed by atoms with E-state index in [1.807, 2.05) is 18.2 Å². The number of hydrogen-bond donors (Lipinski definition) is 0. The zero-order chi connectivity index (χ0) is 19.0. The molecule has 9 heteroatoms. The minimum atomic E-state index is -0.713. The number of carbonyl (C=O) groups excluding carboxylic acids is 1. The quantitative estimate of drug-likeness (QED) is 0.462. The number of aromatic nitrogens is 4. The lowest BCUT2D eigenvalue weighted by Crippen LogP contribution is -2.15. The van der Waals surface area contributed by atoms with Crippen molar-refractivity contribution in [2.24, 2.45) is 0 Å². The van der Waals surface area contributed by atoms with Crippen molar-refractivity contribution in [3.8, 4) is 5.69 Å². The smallest absolute Gasteiger partial charge is 0.359 e. The van der Waals surface area contributed by atoms with E-state index >= 15 is 0 Å². The second-order valence-electron chi connectivity index (χ2n) is 5.67. The van der Waals surface area contributed by atoms with E-state index in [1.54, 1.807) is 31.2 Å². The van der Waals surface area contributed by atoms with Crippen molar-refractivity contribution < 1.29 is 13.9 Å². The Kier molecular flexibility index (Phi) is 4.55. The molecule has 7 nitrogen and oxygen atoms in total. The van der Waals surface area contributed by atoms with E-state index in [4.69, 9.17) is 32.4 Å². The van der Waals surface area contributed by atoms with Crippen molar-refractivity contribution in [1.29, 1.82) is 0 Å². The number of halogens is 2. The third-order valence-electron chi connectivity index (χ3n) is 3.85. The molecule has 0 bridgehead atoms. The Balaban J connectivity index is 1.62. The topological polar surface area (TPSA) is 83.0 Å². The molecular formula is C18H12Cl2N4O3. The number of nitrogens with zero attached hydrogens (tertiary/aromatic N) is 4. The number of esters is 1. The summed E-state index contributed by atoms with van der Waals surface area (Å²) < 4.78 is 12.3. The molecule has 136 valence electrons. The third kappa shape index (κ3) is 3.27. The Morgan fingerprint density at radius 3 is 2.63 bits per heavy atom. The number of fused-ring (bicyclic) bond motifs is 1. The summed E-state index contributed by atoms with van der Waals surface area (Å²) >= 11 is 12.4. The van der Waals surface area contributed by atoms with Crippen LogP contribution in [0.5, 0.6) is 0 Å². The van der Waals surface area contributed by atoms with E-state index in [2.05, 4.69) is 15.3 Å². The zero-order valence-electron chi connectivity index (χ0n) is 14.0. The normalized spacial score (nSPS) is 12.3. The summed E-state index contributed by atoms with van der Waals surface area (Å²) in [4.78, 5) is 17.0. The fourth-order valence-corrected chi connectivity index (χ4v) is 3.12. The molecule has 1 unspecified atom stereocenters. The molecule has 2 aromatic heterocycles. The molecule has 0 aliphatic carbocycles. The summed E-state index contributed by atoms with van der Waals surface area (Å²) in [6.07, 6.45) is 0.566. The Labute approximate surface area is 163 Å². The van der Waals surface area contributed by atoms with E-state index in [0.717, 1.165) is 0 Å².